The van der Waals surface area contributed by atoms with Crippen LogP contribution < -0.4 is 0 Å². The summed E-state index contributed by atoms with van der Waals surface area (Å²) in [6, 6.07) is 34.7. The van der Waals surface area contributed by atoms with E-state index in [-0.39, 0.29) is 5.92 Å². The quantitative estimate of drug-likeness (QED) is 0.155. The van der Waals surface area contributed by atoms with Crippen molar-refractivity contribution in [2.75, 3.05) is 0 Å². The van der Waals surface area contributed by atoms with E-state index in [4.69, 9.17) is 0 Å². The molecular weight excluding hydrogens is 488 g/mol. The van der Waals surface area contributed by atoms with Gasteiger partial charge in [0.1, 0.15) is 0 Å². The molecule has 4 heterocycles. The van der Waals surface area contributed by atoms with Gasteiger partial charge < -0.3 is 19.9 Å². The van der Waals surface area contributed by atoms with Crippen molar-refractivity contribution in [3.8, 4) is 0 Å². The molecular formula is C36H32N4. The molecule has 1 unspecified atom stereocenters. The van der Waals surface area contributed by atoms with E-state index in [1.165, 1.54) is 39.3 Å². The summed E-state index contributed by atoms with van der Waals surface area (Å²) in [5.41, 5.74) is 11.2. The third kappa shape index (κ3) is 4.69. The van der Waals surface area contributed by atoms with Gasteiger partial charge in [0.25, 0.3) is 0 Å². The number of aromatic amines is 4. The molecule has 4 nitrogen and oxygen atoms in total. The van der Waals surface area contributed by atoms with Gasteiger partial charge in [0, 0.05) is 64.8 Å². The maximum atomic E-state index is 3.78. The second-order valence-corrected chi connectivity index (χ2v) is 10.6. The summed E-state index contributed by atoms with van der Waals surface area (Å²) in [5.74, 6) is 0.856. The molecule has 0 bridgehead atoms. The van der Waals surface area contributed by atoms with Crippen molar-refractivity contribution in [1.29, 1.82) is 0 Å². The SMILES string of the molecule is C(=C\c1ccccc1/C=C/c1ccc(C(c2ccc[nH]2)[C@H]2c3ccccc3C[C@@H]2c2ccc[nH]2)[nH]1)/c1ccc[nH]1. The van der Waals surface area contributed by atoms with Gasteiger partial charge in [0.2, 0.25) is 0 Å². The Morgan fingerprint density at radius 2 is 1.30 bits per heavy atom. The van der Waals surface area contributed by atoms with E-state index in [0.29, 0.717) is 11.8 Å². The van der Waals surface area contributed by atoms with Gasteiger partial charge in [0.15, 0.2) is 0 Å². The monoisotopic (exact) mass is 520 g/mol. The molecule has 1 aliphatic carbocycles. The van der Waals surface area contributed by atoms with Crippen molar-refractivity contribution in [3.05, 3.63) is 166 Å². The van der Waals surface area contributed by atoms with E-state index in [1.54, 1.807) is 0 Å². The summed E-state index contributed by atoms with van der Waals surface area (Å²) >= 11 is 0. The molecule has 4 N–H and O–H groups in total. The molecule has 4 aromatic heterocycles. The smallest absolute Gasteiger partial charge is 0.0467 e. The molecule has 0 aliphatic heterocycles. The van der Waals surface area contributed by atoms with Gasteiger partial charge in [-0.25, -0.2) is 0 Å². The molecule has 0 fully saturated rings. The van der Waals surface area contributed by atoms with Crippen molar-refractivity contribution in [1.82, 2.24) is 19.9 Å². The minimum Gasteiger partial charge on any atom is -0.365 e. The first kappa shape index (κ1) is 24.1. The Hall–Kier alpha value is -4.96. The zero-order valence-corrected chi connectivity index (χ0v) is 22.2. The largest absolute Gasteiger partial charge is 0.365 e. The fraction of sp³-hybridized carbons (Fsp3) is 0.111. The third-order valence-corrected chi connectivity index (χ3v) is 8.19. The lowest BCUT2D eigenvalue weighted by Gasteiger charge is -2.28. The molecule has 0 saturated carbocycles. The summed E-state index contributed by atoms with van der Waals surface area (Å²) in [6.45, 7) is 0. The van der Waals surface area contributed by atoms with Crippen molar-refractivity contribution >= 4 is 24.3 Å². The van der Waals surface area contributed by atoms with Crippen molar-refractivity contribution in [2.45, 2.75) is 24.2 Å². The van der Waals surface area contributed by atoms with E-state index in [2.05, 4.69) is 135 Å². The normalized spacial score (nSPS) is 17.6. The van der Waals surface area contributed by atoms with Gasteiger partial charge in [-0.15, -0.1) is 0 Å². The summed E-state index contributed by atoms with van der Waals surface area (Å²) in [4.78, 5) is 14.1. The van der Waals surface area contributed by atoms with Crippen LogP contribution in [0.1, 0.15) is 68.5 Å². The summed E-state index contributed by atoms with van der Waals surface area (Å²) in [7, 11) is 0. The first-order valence-corrected chi connectivity index (χ1v) is 14.0. The molecule has 40 heavy (non-hydrogen) atoms. The molecule has 7 rings (SSSR count). The molecule has 2 aromatic carbocycles. The van der Waals surface area contributed by atoms with Crippen LogP contribution in [0.15, 0.2) is 116 Å². The van der Waals surface area contributed by atoms with Gasteiger partial charge in [-0.3, -0.25) is 0 Å². The number of nitrogens with one attached hydrogen (secondary N) is 4. The number of aromatic nitrogens is 4. The predicted molar refractivity (Wildman–Crippen MR) is 165 cm³/mol. The van der Waals surface area contributed by atoms with Gasteiger partial charge in [-0.05, 0) is 89.4 Å². The standard InChI is InChI=1S/C36H32N4/c1-2-9-26(25(8-1)15-17-28-11-5-21-37-28)16-18-29-19-20-34(40-29)36(33-14-7-23-39-33)35-30-12-4-3-10-27(30)24-31(35)32-13-6-22-38-32/h1-23,31,35-40H,24H2/b17-15+,18-16+/t31-,35+,36?/m1/s1. The van der Waals surface area contributed by atoms with Gasteiger partial charge in [-0.1, -0.05) is 60.7 Å². The first-order chi connectivity index (χ1) is 19.8. The maximum absolute atomic E-state index is 3.78. The zero-order valence-electron chi connectivity index (χ0n) is 22.2. The first-order valence-electron chi connectivity index (χ1n) is 14.0. The molecule has 1 aliphatic rings. The Morgan fingerprint density at radius 1 is 0.575 bits per heavy atom. The predicted octanol–water partition coefficient (Wildman–Crippen LogP) is 8.60. The minimum absolute atomic E-state index is 0.171. The van der Waals surface area contributed by atoms with Gasteiger partial charge in [-0.2, -0.15) is 0 Å². The molecule has 3 atom stereocenters. The number of fused-ring (bicyclic) bond motifs is 1. The lowest BCUT2D eigenvalue weighted by atomic mass is 9.76. The average molecular weight is 521 g/mol. The Labute approximate surface area is 234 Å². The zero-order chi connectivity index (χ0) is 26.7. The van der Waals surface area contributed by atoms with Crippen LogP contribution in [0.25, 0.3) is 24.3 Å². The summed E-state index contributed by atoms with van der Waals surface area (Å²) < 4.78 is 0. The number of hydrogen-bond acceptors (Lipinski definition) is 0. The molecule has 0 saturated heterocycles. The molecule has 196 valence electrons. The highest BCUT2D eigenvalue weighted by Crippen LogP contribution is 2.52. The van der Waals surface area contributed by atoms with Crippen LogP contribution in [0.2, 0.25) is 0 Å². The maximum Gasteiger partial charge on any atom is 0.0467 e. The Bertz CT molecular complexity index is 1730. The van der Waals surface area contributed by atoms with E-state index in [1.807, 2.05) is 24.7 Å². The molecule has 0 spiro atoms. The Balaban J connectivity index is 1.23. The second-order valence-electron chi connectivity index (χ2n) is 10.6. The lowest BCUT2D eigenvalue weighted by Crippen LogP contribution is -2.18. The highest BCUT2D eigenvalue weighted by Gasteiger charge is 2.41. The van der Waals surface area contributed by atoms with E-state index >= 15 is 0 Å². The number of hydrogen-bond donors (Lipinski definition) is 4. The topological polar surface area (TPSA) is 63.2 Å². The van der Waals surface area contributed by atoms with Crippen LogP contribution in [0.4, 0.5) is 0 Å². The highest BCUT2D eigenvalue weighted by atomic mass is 14.8. The van der Waals surface area contributed by atoms with Crippen LogP contribution in [-0.2, 0) is 6.42 Å². The van der Waals surface area contributed by atoms with Crippen molar-refractivity contribution < 1.29 is 0 Å². The molecule has 6 aromatic rings. The molecule has 4 heteroatoms. The Morgan fingerprint density at radius 3 is 2.05 bits per heavy atom. The summed E-state index contributed by atoms with van der Waals surface area (Å²) in [5, 5.41) is 0. The number of rotatable bonds is 8. The van der Waals surface area contributed by atoms with Crippen LogP contribution in [0.3, 0.4) is 0 Å². The highest BCUT2D eigenvalue weighted by molar-refractivity contribution is 5.78. The second kappa shape index (κ2) is 10.7. The number of H-pyrrole nitrogens is 4. The van der Waals surface area contributed by atoms with Crippen LogP contribution >= 0.6 is 0 Å². The van der Waals surface area contributed by atoms with Gasteiger partial charge >= 0.3 is 0 Å². The fourth-order valence-electron chi connectivity index (χ4n) is 6.34. The third-order valence-electron chi connectivity index (χ3n) is 8.19. The van der Waals surface area contributed by atoms with E-state index in [9.17, 15) is 0 Å². The van der Waals surface area contributed by atoms with Crippen LogP contribution in [0.5, 0.6) is 0 Å². The van der Waals surface area contributed by atoms with Crippen LogP contribution in [-0.4, -0.2) is 19.9 Å². The average Bonchev–Trinajstić information content (AvgIpc) is 3.83. The lowest BCUT2D eigenvalue weighted by molar-refractivity contribution is 0.506. The molecule has 0 radical (unpaired) electrons. The van der Waals surface area contributed by atoms with Gasteiger partial charge in [0.05, 0.1) is 0 Å². The van der Waals surface area contributed by atoms with Crippen molar-refractivity contribution in [3.63, 3.8) is 0 Å². The Kier molecular flexibility index (Phi) is 6.42. The van der Waals surface area contributed by atoms with Crippen LogP contribution in [0, 0.1) is 0 Å². The van der Waals surface area contributed by atoms with E-state index in [0.717, 1.165) is 17.8 Å². The number of benzene rings is 2. The van der Waals surface area contributed by atoms with Crippen molar-refractivity contribution in [2.24, 2.45) is 0 Å². The fourth-order valence-corrected chi connectivity index (χ4v) is 6.34. The molecule has 0 amide bonds. The van der Waals surface area contributed by atoms with E-state index < -0.39 is 0 Å². The minimum atomic E-state index is 0.171. The summed E-state index contributed by atoms with van der Waals surface area (Å²) in [6.07, 6.45) is 15.7.